The Hall–Kier alpha value is -0.0500. The van der Waals surface area contributed by atoms with Gasteiger partial charge in [-0.15, -0.1) is 11.3 Å². The second kappa shape index (κ2) is 4.65. The lowest BCUT2D eigenvalue weighted by molar-refractivity contribution is 0.180. The van der Waals surface area contributed by atoms with Crippen LogP contribution in [0, 0.1) is 3.57 Å². The molecule has 3 nitrogen and oxygen atoms in total. The van der Waals surface area contributed by atoms with Crippen LogP contribution in [0.3, 0.4) is 0 Å². The third-order valence-electron chi connectivity index (χ3n) is 1.76. The van der Waals surface area contributed by atoms with Crippen molar-refractivity contribution >= 4 is 45.7 Å². The molecule has 0 bridgehead atoms. The smallest absolute Gasteiger partial charge is 0.0948 e. The maximum atomic E-state index is 9.90. The van der Waals surface area contributed by atoms with Gasteiger partial charge in [0.15, 0.2) is 0 Å². The topological polar surface area (TPSA) is 46.0 Å². The fourth-order valence-electron chi connectivity index (χ4n) is 1.11. The predicted octanol–water partition coefficient (Wildman–Crippen LogP) is 2.48. The van der Waals surface area contributed by atoms with E-state index >= 15 is 0 Å². The van der Waals surface area contributed by atoms with E-state index < -0.39 is 6.10 Å². The Morgan fingerprint density at radius 1 is 1.57 bits per heavy atom. The minimum Gasteiger partial charge on any atom is -0.387 e. The Morgan fingerprint density at radius 2 is 2.43 bits per heavy atom. The van der Waals surface area contributed by atoms with Gasteiger partial charge >= 0.3 is 0 Å². The van der Waals surface area contributed by atoms with Crippen LogP contribution in [0.2, 0.25) is 0 Å². The minimum absolute atomic E-state index is 0.453. The second-order valence-corrected chi connectivity index (χ2v) is 5.42. The van der Waals surface area contributed by atoms with E-state index in [-0.39, 0.29) is 0 Å². The van der Waals surface area contributed by atoms with E-state index in [9.17, 15) is 5.11 Å². The molecule has 0 aliphatic carbocycles. The first kappa shape index (κ1) is 10.5. The Morgan fingerprint density at radius 3 is 3.00 bits per heavy atom. The van der Waals surface area contributed by atoms with Gasteiger partial charge in [-0.1, -0.05) is 0 Å². The zero-order valence-corrected chi connectivity index (χ0v) is 10.8. The summed E-state index contributed by atoms with van der Waals surface area (Å²) >= 11 is 4.98. The maximum absolute atomic E-state index is 9.90. The van der Waals surface area contributed by atoms with E-state index in [2.05, 4.69) is 31.3 Å². The molecule has 74 valence electrons. The van der Waals surface area contributed by atoms with Gasteiger partial charge < -0.3 is 5.11 Å². The molecule has 0 fully saturated rings. The number of rotatable bonds is 3. The van der Waals surface area contributed by atoms with Gasteiger partial charge in [0.25, 0.3) is 0 Å². The molecule has 0 aliphatic heterocycles. The van der Waals surface area contributed by atoms with E-state index in [0.717, 1.165) is 14.1 Å². The van der Waals surface area contributed by atoms with E-state index in [1.54, 1.807) is 17.5 Å². The fraction of sp³-hybridized carbons (Fsp3) is 0.250. The van der Waals surface area contributed by atoms with Gasteiger partial charge in [0.1, 0.15) is 0 Å². The number of halogens is 1. The van der Waals surface area contributed by atoms with Crippen LogP contribution in [0.4, 0.5) is 0 Å². The third kappa shape index (κ3) is 2.30. The molecule has 6 heteroatoms. The third-order valence-corrected chi connectivity index (χ3v) is 4.60. The van der Waals surface area contributed by atoms with Crippen LogP contribution in [0.1, 0.15) is 16.7 Å². The van der Waals surface area contributed by atoms with Crippen molar-refractivity contribution in [1.29, 1.82) is 0 Å². The number of hydrogen-bond acceptors (Lipinski definition) is 5. The normalized spacial score (nSPS) is 13.0. The molecule has 0 aromatic carbocycles. The van der Waals surface area contributed by atoms with Crippen molar-refractivity contribution in [2.75, 3.05) is 0 Å². The molecule has 0 aliphatic rings. The van der Waals surface area contributed by atoms with Gasteiger partial charge in [-0.25, -0.2) is 0 Å². The van der Waals surface area contributed by atoms with Gasteiger partial charge in [-0.2, -0.15) is 8.75 Å². The molecule has 2 rings (SSSR count). The summed E-state index contributed by atoms with van der Waals surface area (Å²) in [5.74, 6) is 0. The average Bonchev–Trinajstić information content (AvgIpc) is 2.75. The van der Waals surface area contributed by atoms with Gasteiger partial charge in [0.05, 0.1) is 29.7 Å². The lowest BCUT2D eigenvalue weighted by Crippen LogP contribution is -2.01. The van der Waals surface area contributed by atoms with Gasteiger partial charge in [0.2, 0.25) is 0 Å². The number of aromatic nitrogens is 2. The Bertz CT molecular complexity index is 401. The first-order valence-corrected chi connectivity index (χ1v) is 6.63. The van der Waals surface area contributed by atoms with E-state index in [1.807, 2.05) is 11.4 Å². The Kier molecular flexibility index (Phi) is 3.47. The number of aliphatic hydroxyl groups is 1. The number of nitrogens with zero attached hydrogens (tertiary/aromatic N) is 2. The van der Waals surface area contributed by atoms with Gasteiger partial charge in [0, 0.05) is 14.9 Å². The van der Waals surface area contributed by atoms with Crippen molar-refractivity contribution in [3.63, 3.8) is 0 Å². The monoisotopic (exact) mass is 338 g/mol. The van der Waals surface area contributed by atoms with Crippen LogP contribution in [-0.2, 0) is 6.42 Å². The highest BCUT2D eigenvalue weighted by molar-refractivity contribution is 14.1. The Balaban J connectivity index is 2.10. The number of hydrogen-bond donors (Lipinski definition) is 1. The second-order valence-electron chi connectivity index (χ2n) is 2.75. The summed E-state index contributed by atoms with van der Waals surface area (Å²) in [6.45, 7) is 0. The summed E-state index contributed by atoms with van der Waals surface area (Å²) in [6.07, 6.45) is 1.80. The molecule has 14 heavy (non-hydrogen) atoms. The average molecular weight is 338 g/mol. The quantitative estimate of drug-likeness (QED) is 0.875. The van der Waals surface area contributed by atoms with Crippen molar-refractivity contribution in [2.45, 2.75) is 12.5 Å². The molecule has 2 aromatic heterocycles. The highest BCUT2D eigenvalue weighted by Gasteiger charge is 2.14. The number of thiophene rings is 1. The first-order chi connectivity index (χ1) is 6.77. The summed E-state index contributed by atoms with van der Waals surface area (Å²) in [6, 6.07) is 2.00. The molecular weight excluding hydrogens is 331 g/mol. The summed E-state index contributed by atoms with van der Waals surface area (Å²) in [5, 5.41) is 11.9. The lowest BCUT2D eigenvalue weighted by Gasteiger charge is -2.06. The van der Waals surface area contributed by atoms with Crippen molar-refractivity contribution in [2.24, 2.45) is 0 Å². The molecule has 2 heterocycles. The van der Waals surface area contributed by atoms with Gasteiger partial charge in [-0.3, -0.25) is 0 Å². The molecule has 0 saturated carbocycles. The summed E-state index contributed by atoms with van der Waals surface area (Å²) in [7, 11) is 0. The van der Waals surface area contributed by atoms with Crippen LogP contribution in [0.25, 0.3) is 0 Å². The van der Waals surface area contributed by atoms with E-state index in [4.69, 9.17) is 0 Å². The highest BCUT2D eigenvalue weighted by Crippen LogP contribution is 2.27. The SMILES string of the molecule is OC(Cc1cnsn1)c1sccc1I. The lowest BCUT2D eigenvalue weighted by atomic mass is 10.2. The Labute approximate surface area is 103 Å². The van der Waals surface area contributed by atoms with Crippen LogP contribution in [-0.4, -0.2) is 13.9 Å². The van der Waals surface area contributed by atoms with Crippen molar-refractivity contribution in [3.8, 4) is 0 Å². The van der Waals surface area contributed by atoms with E-state index in [0.29, 0.717) is 6.42 Å². The van der Waals surface area contributed by atoms with Crippen LogP contribution in [0.15, 0.2) is 17.6 Å². The van der Waals surface area contributed by atoms with Crippen molar-refractivity contribution in [3.05, 3.63) is 31.8 Å². The molecule has 0 spiro atoms. The largest absolute Gasteiger partial charge is 0.387 e. The summed E-state index contributed by atoms with van der Waals surface area (Å²) < 4.78 is 9.08. The zero-order valence-electron chi connectivity index (χ0n) is 7.05. The summed E-state index contributed by atoms with van der Waals surface area (Å²) in [5.41, 5.74) is 0.853. The maximum Gasteiger partial charge on any atom is 0.0948 e. The standard InChI is InChI=1S/C8H7IN2OS2/c9-6-1-2-13-8(6)7(12)3-5-4-10-14-11-5/h1-2,4,7,12H,3H2. The fourth-order valence-corrected chi connectivity index (χ4v) is 3.49. The van der Waals surface area contributed by atoms with Crippen molar-refractivity contribution in [1.82, 2.24) is 8.75 Å². The van der Waals surface area contributed by atoms with Crippen LogP contribution in [0.5, 0.6) is 0 Å². The number of aliphatic hydroxyl groups excluding tert-OH is 1. The van der Waals surface area contributed by atoms with Crippen molar-refractivity contribution < 1.29 is 5.11 Å². The van der Waals surface area contributed by atoms with E-state index in [1.165, 1.54) is 11.7 Å². The van der Waals surface area contributed by atoms with Crippen LogP contribution >= 0.6 is 45.7 Å². The minimum atomic E-state index is -0.453. The molecule has 0 amide bonds. The molecule has 1 atom stereocenters. The highest BCUT2D eigenvalue weighted by atomic mass is 127. The zero-order chi connectivity index (χ0) is 9.97. The molecule has 0 saturated heterocycles. The molecular formula is C8H7IN2OS2. The summed E-state index contributed by atoms with van der Waals surface area (Å²) in [4.78, 5) is 1.01. The molecule has 1 N–H and O–H groups in total. The first-order valence-electron chi connectivity index (χ1n) is 3.95. The predicted molar refractivity (Wildman–Crippen MR) is 65.6 cm³/mol. The molecule has 1 unspecified atom stereocenters. The van der Waals surface area contributed by atoms with Gasteiger partial charge in [-0.05, 0) is 34.0 Å². The molecule has 0 radical (unpaired) electrons. The van der Waals surface area contributed by atoms with Crippen LogP contribution < -0.4 is 0 Å². The molecule has 2 aromatic rings.